The normalized spacial score (nSPS) is 12.9. The van der Waals surface area contributed by atoms with Gasteiger partial charge in [0, 0.05) is 24.8 Å². The molecule has 3 nitrogen and oxygen atoms in total. The summed E-state index contributed by atoms with van der Waals surface area (Å²) < 4.78 is 36.8. The Bertz CT molecular complexity index is 363. The van der Waals surface area contributed by atoms with Gasteiger partial charge in [0.25, 0.3) is 0 Å². The maximum absolute atomic E-state index is 13.5. The molecule has 0 bridgehead atoms. The number of benzene rings is 1. The summed E-state index contributed by atoms with van der Waals surface area (Å²) in [6.07, 6.45) is -0.522. The van der Waals surface area contributed by atoms with Gasteiger partial charge in [-0.3, -0.25) is 0 Å². The molecule has 1 atom stereocenters. The van der Waals surface area contributed by atoms with Gasteiger partial charge in [0.05, 0.1) is 11.7 Å². The van der Waals surface area contributed by atoms with Gasteiger partial charge in [-0.15, -0.1) is 0 Å². The third-order valence-corrected chi connectivity index (χ3v) is 2.88. The second-order valence-electron chi connectivity index (χ2n) is 3.52. The van der Waals surface area contributed by atoms with Gasteiger partial charge in [0.1, 0.15) is 11.6 Å². The molecule has 96 valence electrons. The molecule has 0 aliphatic heterocycles. The number of anilines is 1. The summed E-state index contributed by atoms with van der Waals surface area (Å²) in [6.45, 7) is 1.77. The fourth-order valence-electron chi connectivity index (χ4n) is 1.48. The SMILES string of the molecule is COC(OC)C(C)Nc1c(F)cc(F)cc1Br. The molecule has 17 heavy (non-hydrogen) atoms. The monoisotopic (exact) mass is 309 g/mol. The molecule has 1 N–H and O–H groups in total. The van der Waals surface area contributed by atoms with Crippen LogP contribution in [0.25, 0.3) is 0 Å². The molecule has 0 amide bonds. The number of hydrogen-bond donors (Lipinski definition) is 1. The van der Waals surface area contributed by atoms with Crippen molar-refractivity contribution >= 4 is 21.6 Å². The minimum absolute atomic E-state index is 0.179. The van der Waals surface area contributed by atoms with Gasteiger partial charge >= 0.3 is 0 Å². The molecule has 0 heterocycles. The number of nitrogens with one attached hydrogen (secondary N) is 1. The van der Waals surface area contributed by atoms with Crippen molar-refractivity contribution in [1.82, 2.24) is 0 Å². The highest BCUT2D eigenvalue weighted by Gasteiger charge is 2.19. The minimum Gasteiger partial charge on any atom is -0.374 e. The van der Waals surface area contributed by atoms with Gasteiger partial charge in [-0.05, 0) is 28.9 Å². The summed E-state index contributed by atoms with van der Waals surface area (Å²) in [4.78, 5) is 0. The fraction of sp³-hybridized carbons (Fsp3) is 0.455. The standard InChI is InChI=1S/C11H14BrF2NO2/c1-6(11(16-2)17-3)15-10-8(12)4-7(13)5-9(10)14/h4-6,11,15H,1-3H3. The van der Waals surface area contributed by atoms with Crippen LogP contribution in [-0.2, 0) is 9.47 Å². The van der Waals surface area contributed by atoms with Crippen molar-refractivity contribution in [2.24, 2.45) is 0 Å². The quantitative estimate of drug-likeness (QED) is 0.848. The molecule has 0 spiro atoms. The van der Waals surface area contributed by atoms with E-state index in [0.717, 1.165) is 6.07 Å². The van der Waals surface area contributed by atoms with Crippen LogP contribution in [0.2, 0.25) is 0 Å². The lowest BCUT2D eigenvalue weighted by molar-refractivity contribution is -0.109. The molecule has 0 radical (unpaired) electrons. The second-order valence-corrected chi connectivity index (χ2v) is 4.37. The van der Waals surface area contributed by atoms with Crippen LogP contribution in [-0.4, -0.2) is 26.6 Å². The lowest BCUT2D eigenvalue weighted by atomic mass is 10.2. The number of rotatable bonds is 5. The summed E-state index contributed by atoms with van der Waals surface area (Å²) in [5.41, 5.74) is 0.179. The molecule has 0 saturated carbocycles. The molecule has 0 saturated heterocycles. The van der Waals surface area contributed by atoms with Gasteiger partial charge in [0.2, 0.25) is 0 Å². The van der Waals surface area contributed by atoms with Crippen LogP contribution >= 0.6 is 15.9 Å². The van der Waals surface area contributed by atoms with Gasteiger partial charge in [-0.2, -0.15) is 0 Å². The Morgan fingerprint density at radius 2 is 1.82 bits per heavy atom. The summed E-state index contributed by atoms with van der Waals surface area (Å²) in [5, 5.41) is 2.87. The lowest BCUT2D eigenvalue weighted by Gasteiger charge is -2.23. The number of hydrogen-bond acceptors (Lipinski definition) is 3. The third-order valence-electron chi connectivity index (χ3n) is 2.25. The zero-order valence-electron chi connectivity index (χ0n) is 9.76. The van der Waals surface area contributed by atoms with Gasteiger partial charge < -0.3 is 14.8 Å². The van der Waals surface area contributed by atoms with E-state index in [2.05, 4.69) is 21.2 Å². The highest BCUT2D eigenvalue weighted by Crippen LogP contribution is 2.27. The van der Waals surface area contributed by atoms with Crippen molar-refractivity contribution in [1.29, 1.82) is 0 Å². The Morgan fingerprint density at radius 1 is 1.24 bits per heavy atom. The van der Waals surface area contributed by atoms with E-state index in [1.807, 2.05) is 0 Å². The first kappa shape index (κ1) is 14.3. The van der Waals surface area contributed by atoms with E-state index in [1.165, 1.54) is 20.3 Å². The van der Waals surface area contributed by atoms with E-state index >= 15 is 0 Å². The summed E-state index contributed by atoms with van der Waals surface area (Å²) in [7, 11) is 2.98. The smallest absolute Gasteiger partial charge is 0.176 e. The minimum atomic E-state index is -0.672. The largest absolute Gasteiger partial charge is 0.374 e. The predicted octanol–water partition coefficient (Wildman–Crippen LogP) is 3.15. The number of halogens is 3. The Morgan fingerprint density at radius 3 is 2.29 bits per heavy atom. The van der Waals surface area contributed by atoms with Crippen molar-refractivity contribution in [3.05, 3.63) is 28.2 Å². The number of methoxy groups -OCH3 is 2. The van der Waals surface area contributed by atoms with E-state index in [4.69, 9.17) is 9.47 Å². The molecule has 1 rings (SSSR count). The van der Waals surface area contributed by atoms with E-state index in [9.17, 15) is 8.78 Å². The first-order valence-corrected chi connectivity index (χ1v) is 5.75. The lowest BCUT2D eigenvalue weighted by Crippen LogP contribution is -2.34. The zero-order chi connectivity index (χ0) is 13.0. The van der Waals surface area contributed by atoms with E-state index < -0.39 is 17.9 Å². The summed E-state index contributed by atoms with van der Waals surface area (Å²) >= 11 is 3.10. The summed E-state index contributed by atoms with van der Waals surface area (Å²) in [5.74, 6) is -1.31. The van der Waals surface area contributed by atoms with Crippen molar-refractivity contribution in [3.63, 3.8) is 0 Å². The molecule has 1 unspecified atom stereocenters. The molecular weight excluding hydrogens is 296 g/mol. The molecule has 1 aromatic carbocycles. The highest BCUT2D eigenvalue weighted by molar-refractivity contribution is 9.10. The Kier molecular flexibility index (Phi) is 5.30. The molecule has 0 aliphatic rings. The zero-order valence-corrected chi connectivity index (χ0v) is 11.3. The average molecular weight is 310 g/mol. The van der Waals surface area contributed by atoms with Crippen LogP contribution in [0.15, 0.2) is 16.6 Å². The van der Waals surface area contributed by atoms with Crippen molar-refractivity contribution < 1.29 is 18.3 Å². The Labute approximate surface area is 107 Å². The van der Waals surface area contributed by atoms with E-state index in [1.54, 1.807) is 6.92 Å². The van der Waals surface area contributed by atoms with E-state index in [0.29, 0.717) is 4.47 Å². The topological polar surface area (TPSA) is 30.5 Å². The van der Waals surface area contributed by atoms with Crippen LogP contribution in [0, 0.1) is 11.6 Å². The average Bonchev–Trinajstić information content (AvgIpc) is 2.25. The molecule has 6 heteroatoms. The maximum atomic E-state index is 13.5. The first-order valence-electron chi connectivity index (χ1n) is 4.96. The fourth-order valence-corrected chi connectivity index (χ4v) is 2.00. The molecule has 0 aliphatic carbocycles. The summed E-state index contributed by atoms with van der Waals surface area (Å²) in [6, 6.07) is 1.71. The molecule has 0 fully saturated rings. The maximum Gasteiger partial charge on any atom is 0.176 e. The van der Waals surface area contributed by atoms with Gasteiger partial charge in [0.15, 0.2) is 6.29 Å². The number of ether oxygens (including phenoxy) is 2. The predicted molar refractivity (Wildman–Crippen MR) is 64.9 cm³/mol. The molecule has 1 aromatic rings. The van der Waals surface area contributed by atoms with Crippen LogP contribution in [0.1, 0.15) is 6.92 Å². The van der Waals surface area contributed by atoms with Gasteiger partial charge in [-0.1, -0.05) is 0 Å². The second kappa shape index (κ2) is 6.28. The first-order chi connectivity index (χ1) is 7.99. The van der Waals surface area contributed by atoms with Crippen LogP contribution < -0.4 is 5.32 Å². The Balaban J connectivity index is 2.88. The molecule has 0 aromatic heterocycles. The molecular formula is C11H14BrF2NO2. The third kappa shape index (κ3) is 3.62. The van der Waals surface area contributed by atoms with Crippen molar-refractivity contribution in [3.8, 4) is 0 Å². The van der Waals surface area contributed by atoms with Gasteiger partial charge in [-0.25, -0.2) is 8.78 Å². The van der Waals surface area contributed by atoms with Crippen molar-refractivity contribution in [2.75, 3.05) is 19.5 Å². The van der Waals surface area contributed by atoms with Crippen molar-refractivity contribution in [2.45, 2.75) is 19.3 Å². The van der Waals surface area contributed by atoms with Crippen LogP contribution in [0.4, 0.5) is 14.5 Å². The highest BCUT2D eigenvalue weighted by atomic mass is 79.9. The van der Waals surface area contributed by atoms with Crippen LogP contribution in [0.3, 0.4) is 0 Å². The van der Waals surface area contributed by atoms with E-state index in [-0.39, 0.29) is 11.7 Å². The Hall–Kier alpha value is -0.720. The van der Waals surface area contributed by atoms with Crippen LogP contribution in [0.5, 0.6) is 0 Å².